The largest absolute Gasteiger partial charge is 0.481 e. The van der Waals surface area contributed by atoms with E-state index in [1.165, 1.54) is 11.8 Å². The Morgan fingerprint density at radius 1 is 1.53 bits per heavy atom. The van der Waals surface area contributed by atoms with Crippen LogP contribution in [0.1, 0.15) is 12.6 Å². The highest BCUT2D eigenvalue weighted by Gasteiger charge is 2.18. The fourth-order valence-corrected chi connectivity index (χ4v) is 2.68. The molecule has 0 amide bonds. The molecule has 2 heterocycles. The summed E-state index contributed by atoms with van der Waals surface area (Å²) in [5.74, 6) is -0.861. The van der Waals surface area contributed by atoms with Crippen LogP contribution in [0.4, 0.5) is 0 Å². The monoisotopic (exact) mass is 280 g/mol. The molecule has 2 aromatic rings. The normalized spacial score (nSPS) is 11.1. The summed E-state index contributed by atoms with van der Waals surface area (Å²) < 4.78 is 3.73. The third-order valence-electron chi connectivity index (χ3n) is 2.61. The number of carbonyl (C=O) groups is 1. The Kier molecular flexibility index (Phi) is 3.66. The van der Waals surface area contributed by atoms with Gasteiger partial charge in [0.1, 0.15) is 5.52 Å². The number of aryl methyl sites for hydroxylation is 2. The molecular weight excluding hydrogens is 264 g/mol. The van der Waals surface area contributed by atoms with Crippen molar-refractivity contribution in [3.05, 3.63) is 17.8 Å². The summed E-state index contributed by atoms with van der Waals surface area (Å²) >= 11 is 1.21. The van der Waals surface area contributed by atoms with Gasteiger partial charge in [-0.05, 0) is 13.8 Å². The molecule has 0 bridgehead atoms. The lowest BCUT2D eigenvalue weighted by Crippen LogP contribution is -2.07. The van der Waals surface area contributed by atoms with Gasteiger partial charge in [0.2, 0.25) is 0 Å². The van der Waals surface area contributed by atoms with E-state index >= 15 is 0 Å². The molecule has 0 aromatic carbocycles. The molecule has 0 aliphatic carbocycles. The zero-order chi connectivity index (χ0) is 14.2. The van der Waals surface area contributed by atoms with E-state index in [4.69, 9.17) is 5.11 Å². The number of thioether (sulfide) groups is 1. The van der Waals surface area contributed by atoms with Gasteiger partial charge in [-0.15, -0.1) is 0 Å². The molecule has 0 aliphatic heterocycles. The van der Waals surface area contributed by atoms with E-state index in [2.05, 4.69) is 16.7 Å². The molecule has 2 aromatic heterocycles. The Balaban J connectivity index is 2.52. The number of nitrogens with zero attached hydrogens (tertiary/aromatic N) is 4. The maximum atomic E-state index is 10.7. The first-order valence-corrected chi connectivity index (χ1v) is 6.77. The molecule has 7 heteroatoms. The van der Waals surface area contributed by atoms with Gasteiger partial charge in [-0.3, -0.25) is 14.0 Å². The highest BCUT2D eigenvalue weighted by Crippen LogP contribution is 2.26. The standard InChI is InChI=1S/C12H16N4O2S/c1-7(2)5-16-11-10(8(3)14-15(11)4)13-12(16)19-6-9(17)18/h1,5-6H2,2-4H3,(H,17,18). The van der Waals surface area contributed by atoms with Crippen LogP contribution in [0, 0.1) is 6.92 Å². The van der Waals surface area contributed by atoms with Gasteiger partial charge < -0.3 is 5.11 Å². The molecule has 0 radical (unpaired) electrons. The predicted molar refractivity (Wildman–Crippen MR) is 74.4 cm³/mol. The number of allylic oxidation sites excluding steroid dienone is 1. The summed E-state index contributed by atoms with van der Waals surface area (Å²) in [4.78, 5) is 15.2. The fraction of sp³-hybridized carbons (Fsp3) is 0.417. The van der Waals surface area contributed by atoms with Crippen LogP contribution in [0.3, 0.4) is 0 Å². The zero-order valence-corrected chi connectivity index (χ0v) is 12.0. The molecule has 0 spiro atoms. The van der Waals surface area contributed by atoms with Crippen molar-refractivity contribution in [1.29, 1.82) is 0 Å². The molecule has 19 heavy (non-hydrogen) atoms. The van der Waals surface area contributed by atoms with Crippen molar-refractivity contribution in [2.24, 2.45) is 7.05 Å². The second-order valence-electron chi connectivity index (χ2n) is 4.50. The molecule has 0 fully saturated rings. The third kappa shape index (κ3) is 2.65. The van der Waals surface area contributed by atoms with E-state index in [9.17, 15) is 4.79 Å². The highest BCUT2D eigenvalue weighted by atomic mass is 32.2. The van der Waals surface area contributed by atoms with Crippen molar-refractivity contribution in [2.45, 2.75) is 25.5 Å². The number of carboxylic acids is 1. The van der Waals surface area contributed by atoms with E-state index in [1.807, 2.05) is 25.5 Å². The van der Waals surface area contributed by atoms with Gasteiger partial charge in [0.15, 0.2) is 10.8 Å². The number of fused-ring (bicyclic) bond motifs is 1. The summed E-state index contributed by atoms with van der Waals surface area (Å²) in [5.41, 5.74) is 3.54. The second kappa shape index (κ2) is 5.08. The van der Waals surface area contributed by atoms with Crippen molar-refractivity contribution in [3.63, 3.8) is 0 Å². The van der Waals surface area contributed by atoms with Gasteiger partial charge in [0.05, 0.1) is 11.4 Å². The number of hydrogen-bond acceptors (Lipinski definition) is 4. The molecule has 0 saturated carbocycles. The fourth-order valence-electron chi connectivity index (χ4n) is 1.96. The van der Waals surface area contributed by atoms with Crippen LogP contribution in [-0.2, 0) is 18.4 Å². The molecular formula is C12H16N4O2S. The van der Waals surface area contributed by atoms with Crippen molar-refractivity contribution < 1.29 is 9.90 Å². The topological polar surface area (TPSA) is 72.9 Å². The number of aromatic nitrogens is 4. The molecule has 0 aliphatic rings. The minimum Gasteiger partial charge on any atom is -0.481 e. The maximum Gasteiger partial charge on any atom is 0.313 e. The molecule has 2 rings (SSSR count). The zero-order valence-electron chi connectivity index (χ0n) is 11.2. The molecule has 0 saturated heterocycles. The van der Waals surface area contributed by atoms with Crippen molar-refractivity contribution in [1.82, 2.24) is 19.3 Å². The lowest BCUT2D eigenvalue weighted by atomic mass is 10.3. The first-order chi connectivity index (χ1) is 8.90. The Hall–Kier alpha value is -1.76. The van der Waals surface area contributed by atoms with Gasteiger partial charge in [0.25, 0.3) is 0 Å². The highest BCUT2D eigenvalue weighted by molar-refractivity contribution is 7.99. The number of aliphatic carboxylic acids is 1. The average Bonchev–Trinajstić information content (AvgIpc) is 2.76. The maximum absolute atomic E-state index is 10.7. The average molecular weight is 280 g/mol. The van der Waals surface area contributed by atoms with Gasteiger partial charge in [-0.1, -0.05) is 23.9 Å². The SMILES string of the molecule is C=C(C)Cn1c(SCC(=O)O)nc2c(C)nn(C)c21. The Morgan fingerprint density at radius 2 is 2.21 bits per heavy atom. The van der Waals surface area contributed by atoms with Crippen molar-refractivity contribution >= 4 is 28.9 Å². The summed E-state index contributed by atoms with van der Waals surface area (Å²) in [6.45, 7) is 8.34. The van der Waals surface area contributed by atoms with Crippen LogP contribution in [0.5, 0.6) is 0 Å². The first-order valence-electron chi connectivity index (χ1n) is 5.79. The van der Waals surface area contributed by atoms with Gasteiger partial charge in [0, 0.05) is 13.6 Å². The molecule has 1 N–H and O–H groups in total. The van der Waals surface area contributed by atoms with Crippen LogP contribution in [0.25, 0.3) is 11.2 Å². The summed E-state index contributed by atoms with van der Waals surface area (Å²) in [7, 11) is 1.86. The number of rotatable bonds is 5. The van der Waals surface area contributed by atoms with Crippen LogP contribution in [0.15, 0.2) is 17.3 Å². The smallest absolute Gasteiger partial charge is 0.313 e. The summed E-state index contributed by atoms with van der Waals surface area (Å²) in [5, 5.41) is 13.8. The molecule has 0 unspecified atom stereocenters. The molecule has 102 valence electrons. The van der Waals surface area contributed by atoms with E-state index in [0.29, 0.717) is 11.7 Å². The molecule has 0 atom stereocenters. The number of imidazole rings is 1. The van der Waals surface area contributed by atoms with Gasteiger partial charge >= 0.3 is 5.97 Å². The Labute approximate surface area is 115 Å². The second-order valence-corrected chi connectivity index (χ2v) is 5.44. The predicted octanol–water partition coefficient (Wildman–Crippen LogP) is 1.83. The quantitative estimate of drug-likeness (QED) is 0.668. The number of hydrogen-bond donors (Lipinski definition) is 1. The van der Waals surface area contributed by atoms with Crippen LogP contribution in [0.2, 0.25) is 0 Å². The lowest BCUT2D eigenvalue weighted by molar-refractivity contribution is -0.133. The lowest BCUT2D eigenvalue weighted by Gasteiger charge is -2.08. The van der Waals surface area contributed by atoms with E-state index in [1.54, 1.807) is 4.68 Å². The first kappa shape index (κ1) is 13.7. The Morgan fingerprint density at radius 3 is 2.79 bits per heavy atom. The summed E-state index contributed by atoms with van der Waals surface area (Å²) in [6.07, 6.45) is 0. The minimum absolute atomic E-state index is 0.00795. The van der Waals surface area contributed by atoms with E-state index in [-0.39, 0.29) is 5.75 Å². The van der Waals surface area contributed by atoms with Crippen molar-refractivity contribution in [3.8, 4) is 0 Å². The summed E-state index contributed by atoms with van der Waals surface area (Å²) in [6, 6.07) is 0. The van der Waals surface area contributed by atoms with Crippen LogP contribution in [-0.4, -0.2) is 36.2 Å². The Bertz CT molecular complexity index is 656. The van der Waals surface area contributed by atoms with Gasteiger partial charge in [-0.2, -0.15) is 5.10 Å². The van der Waals surface area contributed by atoms with E-state index in [0.717, 1.165) is 22.4 Å². The van der Waals surface area contributed by atoms with E-state index < -0.39 is 5.97 Å². The van der Waals surface area contributed by atoms with Crippen molar-refractivity contribution in [2.75, 3.05) is 5.75 Å². The van der Waals surface area contributed by atoms with Crippen LogP contribution >= 0.6 is 11.8 Å². The minimum atomic E-state index is -0.853. The third-order valence-corrected chi connectivity index (χ3v) is 3.57. The number of carboxylic acid groups (broad SMARTS) is 1. The van der Waals surface area contributed by atoms with Gasteiger partial charge in [-0.25, -0.2) is 4.98 Å². The van der Waals surface area contributed by atoms with Crippen LogP contribution < -0.4 is 0 Å². The molecule has 6 nitrogen and oxygen atoms in total.